The van der Waals surface area contributed by atoms with Gasteiger partial charge in [0.15, 0.2) is 10.9 Å². The summed E-state index contributed by atoms with van der Waals surface area (Å²) in [5.41, 5.74) is 1.81. The number of methoxy groups -OCH3 is 1. The summed E-state index contributed by atoms with van der Waals surface area (Å²) < 4.78 is 27.1. The Balaban J connectivity index is 1.85. The lowest BCUT2D eigenvalue weighted by Gasteiger charge is -2.16. The fraction of sp³-hybridized carbons (Fsp3) is 0.333. The zero-order valence-corrected chi connectivity index (χ0v) is 21.3. The molecule has 1 amide bonds. The van der Waals surface area contributed by atoms with Crippen LogP contribution in [0.4, 0.5) is 10.8 Å². The van der Waals surface area contributed by atoms with Crippen LogP contribution in [0.5, 0.6) is 11.5 Å². The van der Waals surface area contributed by atoms with Crippen LogP contribution in [0.1, 0.15) is 33.4 Å². The largest absolute Gasteiger partial charge is 0.588 e. The molecule has 3 rings (SSSR count). The van der Waals surface area contributed by atoms with Gasteiger partial charge in [-0.25, -0.2) is 9.71 Å². The number of benzene rings is 2. The number of carbonyl (C=O) groups excluding carboxylic acids is 1. The summed E-state index contributed by atoms with van der Waals surface area (Å²) in [6.45, 7) is 9.95. The maximum Gasteiger partial charge on any atom is 0.231 e. The average Bonchev–Trinajstić information content (AvgIpc) is 3.14. The Morgan fingerprint density at radius 3 is 2.48 bits per heavy atom. The van der Waals surface area contributed by atoms with Crippen molar-refractivity contribution in [2.24, 2.45) is 5.41 Å². The van der Waals surface area contributed by atoms with Crippen LogP contribution in [0.3, 0.4) is 0 Å². The molecule has 0 spiro atoms. The van der Waals surface area contributed by atoms with E-state index in [1.54, 1.807) is 13.2 Å². The van der Waals surface area contributed by atoms with E-state index in [1.165, 1.54) is 11.3 Å². The van der Waals surface area contributed by atoms with Gasteiger partial charge in [-0.15, -0.1) is 0 Å². The number of aromatic nitrogens is 1. The number of amides is 1. The van der Waals surface area contributed by atoms with Gasteiger partial charge in [-0.1, -0.05) is 32.1 Å². The van der Waals surface area contributed by atoms with E-state index in [0.717, 1.165) is 21.9 Å². The first kappa shape index (κ1) is 24.9. The van der Waals surface area contributed by atoms with Crippen molar-refractivity contribution in [2.45, 2.75) is 39.5 Å². The lowest BCUT2D eigenvalue weighted by atomic mass is 9.96. The van der Waals surface area contributed by atoms with Crippen molar-refractivity contribution in [1.29, 1.82) is 0 Å². The summed E-state index contributed by atoms with van der Waals surface area (Å²) in [6, 6.07) is 12.8. The SMILES string of the molecule is CCOc1ccc(N[S+]([O-])c2cc(-c3sc(NC(=O)C(C)(C)C)nc3C)ccc2OC)cc1. The van der Waals surface area contributed by atoms with E-state index in [9.17, 15) is 9.35 Å². The molecule has 0 fully saturated rings. The Morgan fingerprint density at radius 1 is 1.18 bits per heavy atom. The van der Waals surface area contributed by atoms with E-state index >= 15 is 0 Å². The van der Waals surface area contributed by atoms with Crippen LogP contribution < -0.4 is 19.5 Å². The molecule has 9 heteroatoms. The number of ether oxygens (including phenoxy) is 2. The van der Waals surface area contributed by atoms with E-state index < -0.39 is 16.8 Å². The predicted molar refractivity (Wildman–Crippen MR) is 135 cm³/mol. The van der Waals surface area contributed by atoms with Crippen molar-refractivity contribution in [1.82, 2.24) is 4.98 Å². The van der Waals surface area contributed by atoms with Gasteiger partial charge in [0.25, 0.3) is 0 Å². The number of nitrogens with one attached hydrogen (secondary N) is 2. The van der Waals surface area contributed by atoms with Gasteiger partial charge in [-0.2, -0.15) is 0 Å². The van der Waals surface area contributed by atoms with E-state index in [0.29, 0.717) is 28.1 Å². The lowest BCUT2D eigenvalue weighted by Crippen LogP contribution is -2.27. The van der Waals surface area contributed by atoms with Gasteiger partial charge in [0.1, 0.15) is 17.1 Å². The molecule has 1 atom stereocenters. The predicted octanol–water partition coefficient (Wildman–Crippen LogP) is 5.65. The van der Waals surface area contributed by atoms with Gasteiger partial charge in [0, 0.05) is 11.5 Å². The topological polar surface area (TPSA) is 95.5 Å². The minimum absolute atomic E-state index is 0.0983. The van der Waals surface area contributed by atoms with E-state index in [2.05, 4.69) is 15.0 Å². The Bertz CT molecular complexity index is 1110. The maximum atomic E-state index is 13.2. The average molecular weight is 488 g/mol. The Kier molecular flexibility index (Phi) is 7.88. The number of thiazole rings is 1. The normalized spacial score (nSPS) is 12.2. The maximum absolute atomic E-state index is 13.2. The van der Waals surface area contributed by atoms with Crippen molar-refractivity contribution in [3.05, 3.63) is 48.2 Å². The van der Waals surface area contributed by atoms with Crippen LogP contribution in [-0.2, 0) is 16.2 Å². The third kappa shape index (κ3) is 6.19. The highest BCUT2D eigenvalue weighted by Crippen LogP contribution is 2.37. The lowest BCUT2D eigenvalue weighted by molar-refractivity contribution is -0.123. The number of anilines is 2. The number of carbonyl (C=O) groups is 1. The van der Waals surface area contributed by atoms with Crippen molar-refractivity contribution in [3.63, 3.8) is 0 Å². The van der Waals surface area contributed by atoms with Crippen molar-refractivity contribution < 1.29 is 18.8 Å². The number of nitrogens with zero attached hydrogens (tertiary/aromatic N) is 1. The van der Waals surface area contributed by atoms with Gasteiger partial charge in [-0.3, -0.25) is 4.79 Å². The van der Waals surface area contributed by atoms with Gasteiger partial charge in [0.2, 0.25) is 10.8 Å². The molecule has 0 aliphatic heterocycles. The Morgan fingerprint density at radius 2 is 1.88 bits per heavy atom. The fourth-order valence-corrected chi connectivity index (χ4v) is 4.90. The first-order valence-corrected chi connectivity index (χ1v) is 12.5. The molecule has 1 aromatic heterocycles. The monoisotopic (exact) mass is 487 g/mol. The molecule has 1 heterocycles. The third-order valence-corrected chi connectivity index (χ3v) is 6.96. The second kappa shape index (κ2) is 10.5. The van der Waals surface area contributed by atoms with Gasteiger partial charge < -0.3 is 19.3 Å². The molecule has 33 heavy (non-hydrogen) atoms. The quantitative estimate of drug-likeness (QED) is 0.399. The van der Waals surface area contributed by atoms with E-state index in [-0.39, 0.29) is 5.91 Å². The van der Waals surface area contributed by atoms with Crippen LogP contribution in [0.2, 0.25) is 0 Å². The Hall–Kier alpha value is -2.75. The number of aryl methyl sites for hydroxylation is 1. The van der Waals surface area contributed by atoms with E-state index in [4.69, 9.17) is 9.47 Å². The van der Waals surface area contributed by atoms with Gasteiger partial charge >= 0.3 is 0 Å². The molecular weight excluding hydrogens is 458 g/mol. The molecule has 0 radical (unpaired) electrons. The first-order chi connectivity index (χ1) is 15.6. The molecule has 2 N–H and O–H groups in total. The summed E-state index contributed by atoms with van der Waals surface area (Å²) in [5, 5.41) is 3.42. The molecule has 0 bridgehead atoms. The van der Waals surface area contributed by atoms with Crippen LogP contribution >= 0.6 is 11.3 Å². The minimum Gasteiger partial charge on any atom is -0.588 e. The smallest absolute Gasteiger partial charge is 0.231 e. The highest BCUT2D eigenvalue weighted by atomic mass is 32.2. The molecule has 3 aromatic rings. The van der Waals surface area contributed by atoms with Crippen molar-refractivity contribution in [3.8, 4) is 21.9 Å². The fourth-order valence-electron chi connectivity index (χ4n) is 2.91. The van der Waals surface area contributed by atoms with Crippen LogP contribution in [-0.4, -0.2) is 29.2 Å². The van der Waals surface area contributed by atoms with E-state index in [1.807, 2.05) is 71.0 Å². The van der Waals surface area contributed by atoms with Crippen LogP contribution in [0.25, 0.3) is 10.4 Å². The molecule has 0 saturated carbocycles. The van der Waals surface area contributed by atoms with Gasteiger partial charge in [-0.05, 0) is 55.8 Å². The number of rotatable bonds is 8. The summed E-state index contributed by atoms with van der Waals surface area (Å²) in [5.74, 6) is 1.17. The molecule has 7 nitrogen and oxygen atoms in total. The molecule has 0 aliphatic rings. The number of hydrogen-bond acceptors (Lipinski definition) is 7. The van der Waals surface area contributed by atoms with Crippen LogP contribution in [0, 0.1) is 12.3 Å². The molecule has 0 aliphatic carbocycles. The van der Waals surface area contributed by atoms with Crippen molar-refractivity contribution >= 4 is 39.4 Å². The molecule has 176 valence electrons. The second-order valence-electron chi connectivity index (χ2n) is 8.33. The molecular formula is C24H29N3O4S2. The first-order valence-electron chi connectivity index (χ1n) is 10.5. The highest BCUT2D eigenvalue weighted by Gasteiger charge is 2.24. The Labute approximate surface area is 201 Å². The minimum atomic E-state index is -1.56. The summed E-state index contributed by atoms with van der Waals surface area (Å²) in [4.78, 5) is 18.2. The zero-order valence-electron chi connectivity index (χ0n) is 19.6. The molecule has 2 aromatic carbocycles. The number of hydrogen-bond donors (Lipinski definition) is 2. The molecule has 1 unspecified atom stereocenters. The molecule has 0 saturated heterocycles. The zero-order chi connectivity index (χ0) is 24.2. The summed E-state index contributed by atoms with van der Waals surface area (Å²) >= 11 is -0.178. The second-order valence-corrected chi connectivity index (χ2v) is 10.5. The van der Waals surface area contributed by atoms with Gasteiger partial charge in [0.05, 0.1) is 30.0 Å². The third-order valence-electron chi connectivity index (χ3n) is 4.70. The summed E-state index contributed by atoms with van der Waals surface area (Å²) in [7, 11) is 1.55. The van der Waals surface area contributed by atoms with Crippen LogP contribution in [0.15, 0.2) is 47.4 Å². The summed E-state index contributed by atoms with van der Waals surface area (Å²) in [6.07, 6.45) is 0. The van der Waals surface area contributed by atoms with Crippen molar-refractivity contribution in [2.75, 3.05) is 23.8 Å². The standard InChI is InChI=1S/C24H29N3O4S2/c1-7-31-18-11-9-17(10-12-18)27-33(29)20-14-16(8-13-19(20)30-6)21-15(2)25-23(32-21)26-22(28)24(3,4)5/h8-14,27H,7H2,1-6H3,(H,25,26,28). The highest BCUT2D eigenvalue weighted by molar-refractivity contribution is 7.92.